The maximum Gasteiger partial charge on any atom is 0.0837 e. The van der Waals surface area contributed by atoms with Crippen LogP contribution in [0.3, 0.4) is 0 Å². The molecule has 2 atom stereocenters. The molecule has 4 nitrogen and oxygen atoms in total. The lowest BCUT2D eigenvalue weighted by atomic mass is 9.94. The molecule has 0 amide bonds. The highest BCUT2D eigenvalue weighted by Crippen LogP contribution is 2.23. The summed E-state index contributed by atoms with van der Waals surface area (Å²) in [5.74, 6) is 1.05. The summed E-state index contributed by atoms with van der Waals surface area (Å²) in [6.07, 6.45) is 4.88. The van der Waals surface area contributed by atoms with Crippen LogP contribution in [0.15, 0.2) is 0 Å². The molecule has 0 aliphatic heterocycles. The lowest BCUT2D eigenvalue weighted by molar-refractivity contribution is -0.108. The molecule has 1 aliphatic rings. The van der Waals surface area contributed by atoms with Crippen molar-refractivity contribution in [1.82, 2.24) is 0 Å². The molecule has 1 fully saturated rings. The SMILES string of the molecule is ClCCOCCOC1CCCCC1OCCOCCCl. The third-order valence-electron chi connectivity index (χ3n) is 3.20. The lowest BCUT2D eigenvalue weighted by Gasteiger charge is -2.31. The van der Waals surface area contributed by atoms with Crippen molar-refractivity contribution in [3.8, 4) is 0 Å². The second-order valence-electron chi connectivity index (χ2n) is 4.71. The van der Waals surface area contributed by atoms with E-state index in [1.807, 2.05) is 0 Å². The molecule has 0 aromatic rings. The van der Waals surface area contributed by atoms with Crippen molar-refractivity contribution in [3.05, 3.63) is 0 Å². The van der Waals surface area contributed by atoms with Crippen LogP contribution < -0.4 is 0 Å². The fourth-order valence-corrected chi connectivity index (χ4v) is 2.49. The topological polar surface area (TPSA) is 36.9 Å². The maximum atomic E-state index is 5.87. The van der Waals surface area contributed by atoms with Crippen LogP contribution in [-0.4, -0.2) is 63.6 Å². The number of hydrogen-bond donors (Lipinski definition) is 0. The standard InChI is InChI=1S/C14H26Cl2O4/c15-5-7-17-9-11-19-13-3-1-2-4-14(13)20-12-10-18-8-6-16/h13-14H,1-12H2. The zero-order chi connectivity index (χ0) is 14.5. The molecular weight excluding hydrogens is 303 g/mol. The van der Waals surface area contributed by atoms with Crippen LogP contribution >= 0.6 is 23.2 Å². The normalized spacial score (nSPS) is 23.1. The molecule has 120 valence electrons. The highest BCUT2D eigenvalue weighted by Gasteiger charge is 2.26. The summed E-state index contributed by atoms with van der Waals surface area (Å²) in [6, 6.07) is 0. The van der Waals surface area contributed by atoms with Gasteiger partial charge < -0.3 is 18.9 Å². The summed E-state index contributed by atoms with van der Waals surface area (Å²) in [6.45, 7) is 3.54. The third kappa shape index (κ3) is 8.65. The molecule has 1 rings (SSSR count). The van der Waals surface area contributed by atoms with Crippen LogP contribution in [0.1, 0.15) is 25.7 Å². The van der Waals surface area contributed by atoms with Gasteiger partial charge in [-0.3, -0.25) is 0 Å². The molecule has 0 N–H and O–H groups in total. The smallest absolute Gasteiger partial charge is 0.0837 e. The van der Waals surface area contributed by atoms with Crippen molar-refractivity contribution < 1.29 is 18.9 Å². The Morgan fingerprint density at radius 1 is 0.650 bits per heavy atom. The van der Waals surface area contributed by atoms with Crippen molar-refractivity contribution in [2.24, 2.45) is 0 Å². The Balaban J connectivity index is 2.10. The summed E-state index contributed by atoms with van der Waals surface area (Å²) in [7, 11) is 0. The summed E-state index contributed by atoms with van der Waals surface area (Å²) in [5, 5.41) is 0. The Morgan fingerprint density at radius 2 is 1.10 bits per heavy atom. The second kappa shape index (κ2) is 13.1. The summed E-state index contributed by atoms with van der Waals surface area (Å²) in [4.78, 5) is 0. The van der Waals surface area contributed by atoms with Crippen molar-refractivity contribution in [3.63, 3.8) is 0 Å². The lowest BCUT2D eigenvalue weighted by Crippen LogP contribution is -2.36. The molecule has 0 aromatic carbocycles. The number of ether oxygens (including phenoxy) is 4. The average molecular weight is 329 g/mol. The van der Waals surface area contributed by atoms with Crippen LogP contribution in [0.5, 0.6) is 0 Å². The Kier molecular flexibility index (Phi) is 12.1. The van der Waals surface area contributed by atoms with Gasteiger partial charge in [0.15, 0.2) is 0 Å². The van der Waals surface area contributed by atoms with E-state index in [0.717, 1.165) is 12.8 Å². The molecule has 0 spiro atoms. The van der Waals surface area contributed by atoms with Gasteiger partial charge in [0.2, 0.25) is 0 Å². The van der Waals surface area contributed by atoms with Gasteiger partial charge in [0.05, 0.1) is 51.8 Å². The molecule has 0 saturated heterocycles. The first-order valence-corrected chi connectivity index (χ1v) is 8.46. The van der Waals surface area contributed by atoms with Crippen molar-refractivity contribution in [2.75, 3.05) is 51.4 Å². The van der Waals surface area contributed by atoms with Crippen molar-refractivity contribution in [2.45, 2.75) is 37.9 Å². The van der Waals surface area contributed by atoms with Gasteiger partial charge in [-0.05, 0) is 12.8 Å². The second-order valence-corrected chi connectivity index (χ2v) is 5.46. The van der Waals surface area contributed by atoms with E-state index in [0.29, 0.717) is 51.4 Å². The summed E-state index contributed by atoms with van der Waals surface area (Å²) in [5.41, 5.74) is 0. The molecule has 0 heterocycles. The number of halogens is 2. The van der Waals surface area contributed by atoms with Crippen LogP contribution in [0, 0.1) is 0 Å². The zero-order valence-electron chi connectivity index (χ0n) is 12.0. The van der Waals surface area contributed by atoms with E-state index in [9.17, 15) is 0 Å². The van der Waals surface area contributed by atoms with Gasteiger partial charge in [0.25, 0.3) is 0 Å². The summed E-state index contributed by atoms with van der Waals surface area (Å²) < 4.78 is 22.3. The van der Waals surface area contributed by atoms with Crippen LogP contribution in [-0.2, 0) is 18.9 Å². The van der Waals surface area contributed by atoms with Gasteiger partial charge in [-0.15, -0.1) is 23.2 Å². The van der Waals surface area contributed by atoms with E-state index >= 15 is 0 Å². The Labute approximate surface area is 132 Å². The maximum absolute atomic E-state index is 5.87. The average Bonchev–Trinajstić information content (AvgIpc) is 2.48. The van der Waals surface area contributed by atoms with Crippen molar-refractivity contribution >= 4 is 23.2 Å². The van der Waals surface area contributed by atoms with E-state index in [2.05, 4.69) is 0 Å². The number of alkyl halides is 2. The van der Waals surface area contributed by atoms with Gasteiger partial charge in [0, 0.05) is 11.8 Å². The van der Waals surface area contributed by atoms with Crippen LogP contribution in [0.25, 0.3) is 0 Å². The molecule has 0 bridgehead atoms. The molecule has 6 heteroatoms. The Morgan fingerprint density at radius 3 is 1.50 bits per heavy atom. The minimum Gasteiger partial charge on any atom is -0.378 e. The molecule has 0 aromatic heterocycles. The highest BCUT2D eigenvalue weighted by molar-refractivity contribution is 6.18. The highest BCUT2D eigenvalue weighted by atomic mass is 35.5. The third-order valence-corrected chi connectivity index (χ3v) is 3.51. The molecule has 2 unspecified atom stereocenters. The van der Waals surface area contributed by atoms with E-state index in [-0.39, 0.29) is 12.2 Å². The van der Waals surface area contributed by atoms with E-state index in [1.165, 1.54) is 12.8 Å². The minimum atomic E-state index is 0.177. The van der Waals surface area contributed by atoms with Gasteiger partial charge in [0.1, 0.15) is 0 Å². The number of rotatable bonds is 12. The van der Waals surface area contributed by atoms with Crippen LogP contribution in [0.2, 0.25) is 0 Å². The van der Waals surface area contributed by atoms with E-state index in [4.69, 9.17) is 42.1 Å². The minimum absolute atomic E-state index is 0.177. The van der Waals surface area contributed by atoms with Gasteiger partial charge in [-0.2, -0.15) is 0 Å². The quantitative estimate of drug-likeness (QED) is 0.408. The van der Waals surface area contributed by atoms with Gasteiger partial charge >= 0.3 is 0 Å². The fourth-order valence-electron chi connectivity index (χ4n) is 2.27. The zero-order valence-corrected chi connectivity index (χ0v) is 13.5. The van der Waals surface area contributed by atoms with E-state index in [1.54, 1.807) is 0 Å². The van der Waals surface area contributed by atoms with Crippen LogP contribution in [0.4, 0.5) is 0 Å². The molecular formula is C14H26Cl2O4. The Hall–Kier alpha value is 0.420. The molecule has 0 radical (unpaired) electrons. The largest absolute Gasteiger partial charge is 0.378 e. The fraction of sp³-hybridized carbons (Fsp3) is 1.00. The predicted molar refractivity (Wildman–Crippen MR) is 81.0 cm³/mol. The Bertz CT molecular complexity index is 197. The van der Waals surface area contributed by atoms with Crippen molar-refractivity contribution in [1.29, 1.82) is 0 Å². The van der Waals surface area contributed by atoms with Gasteiger partial charge in [-0.25, -0.2) is 0 Å². The van der Waals surface area contributed by atoms with E-state index < -0.39 is 0 Å². The van der Waals surface area contributed by atoms with Gasteiger partial charge in [-0.1, -0.05) is 12.8 Å². The predicted octanol–water partition coefficient (Wildman–Crippen LogP) is 2.84. The monoisotopic (exact) mass is 328 g/mol. The first kappa shape index (κ1) is 18.5. The molecule has 1 saturated carbocycles. The summed E-state index contributed by atoms with van der Waals surface area (Å²) >= 11 is 11.1. The first-order valence-electron chi connectivity index (χ1n) is 7.39. The molecule has 20 heavy (non-hydrogen) atoms. The number of hydrogen-bond acceptors (Lipinski definition) is 4. The first-order chi connectivity index (χ1) is 9.88. The molecule has 1 aliphatic carbocycles.